The van der Waals surface area contributed by atoms with Crippen LogP contribution in [0.4, 0.5) is 5.69 Å². The van der Waals surface area contributed by atoms with Crippen LogP contribution in [0.15, 0.2) is 67.8 Å². The minimum absolute atomic E-state index is 0.269. The largest absolute Gasteiger partial charge is 0.322 e. The van der Waals surface area contributed by atoms with Crippen molar-refractivity contribution in [1.29, 1.82) is 0 Å². The molecule has 0 unspecified atom stereocenters. The minimum atomic E-state index is -0.269. The Balaban J connectivity index is 1.70. The second-order valence-electron chi connectivity index (χ2n) is 6.63. The zero-order chi connectivity index (χ0) is 20.4. The van der Waals surface area contributed by atoms with E-state index in [4.69, 9.17) is 16.6 Å². The smallest absolute Gasteiger partial charge is 0.247 e. The van der Waals surface area contributed by atoms with Crippen LogP contribution >= 0.6 is 11.6 Å². The summed E-state index contributed by atoms with van der Waals surface area (Å²) in [6.45, 7) is 5.52. The van der Waals surface area contributed by atoms with E-state index in [0.29, 0.717) is 22.9 Å². The lowest BCUT2D eigenvalue weighted by atomic mass is 10.0. The van der Waals surface area contributed by atoms with Gasteiger partial charge >= 0.3 is 0 Å². The van der Waals surface area contributed by atoms with Crippen molar-refractivity contribution in [3.05, 3.63) is 89.6 Å². The average Bonchev–Trinajstić information content (AvgIpc) is 3.14. The van der Waals surface area contributed by atoms with Crippen molar-refractivity contribution in [1.82, 2.24) is 19.5 Å². The molecule has 2 aromatic carbocycles. The molecule has 2 aromatic heterocycles. The van der Waals surface area contributed by atoms with E-state index >= 15 is 0 Å². The Morgan fingerprint density at radius 2 is 2.10 bits per heavy atom. The molecule has 0 aliphatic carbocycles. The van der Waals surface area contributed by atoms with Crippen LogP contribution in [0.3, 0.4) is 0 Å². The first kappa shape index (κ1) is 18.8. The summed E-state index contributed by atoms with van der Waals surface area (Å²) in [7, 11) is 0. The van der Waals surface area contributed by atoms with Crippen molar-refractivity contribution in [2.45, 2.75) is 13.3 Å². The number of anilines is 1. The fourth-order valence-corrected chi connectivity index (χ4v) is 3.28. The highest BCUT2D eigenvalue weighted by Gasteiger charge is 2.10. The van der Waals surface area contributed by atoms with E-state index in [9.17, 15) is 4.79 Å². The Bertz CT molecular complexity index is 1230. The van der Waals surface area contributed by atoms with Gasteiger partial charge in [0.25, 0.3) is 0 Å². The summed E-state index contributed by atoms with van der Waals surface area (Å²) in [6, 6.07) is 11.3. The predicted molar refractivity (Wildman–Crippen MR) is 114 cm³/mol. The number of carbonyl (C=O) groups excluding carboxylic acids is 1. The Kier molecular flexibility index (Phi) is 5.10. The van der Waals surface area contributed by atoms with Crippen molar-refractivity contribution in [2.24, 2.45) is 0 Å². The first-order chi connectivity index (χ1) is 14.0. The normalized spacial score (nSPS) is 10.8. The molecule has 0 bridgehead atoms. The van der Waals surface area contributed by atoms with Crippen LogP contribution < -0.4 is 5.32 Å². The number of nitrogens with zero attached hydrogens (tertiary/aromatic N) is 4. The number of rotatable bonds is 5. The number of hydrogen-bond donors (Lipinski definition) is 1. The van der Waals surface area contributed by atoms with Gasteiger partial charge in [-0.15, -0.1) is 0 Å². The number of aromatic nitrogens is 4. The lowest BCUT2D eigenvalue weighted by Gasteiger charge is -2.09. The zero-order valence-electron chi connectivity index (χ0n) is 15.8. The van der Waals surface area contributed by atoms with Crippen LogP contribution in [0, 0.1) is 6.92 Å². The molecule has 4 rings (SSSR count). The third-order valence-corrected chi connectivity index (χ3v) is 4.84. The molecule has 0 aliphatic heterocycles. The first-order valence-corrected chi connectivity index (χ1v) is 9.38. The third kappa shape index (κ3) is 4.02. The molecule has 0 atom stereocenters. The van der Waals surface area contributed by atoms with Crippen LogP contribution in [0.2, 0.25) is 5.02 Å². The van der Waals surface area contributed by atoms with Gasteiger partial charge < -0.3 is 5.32 Å². The van der Waals surface area contributed by atoms with Crippen molar-refractivity contribution >= 4 is 34.2 Å². The summed E-state index contributed by atoms with van der Waals surface area (Å²) in [6.07, 6.45) is 6.99. The van der Waals surface area contributed by atoms with Gasteiger partial charge in [-0.2, -0.15) is 0 Å². The molecule has 1 amide bonds. The topological polar surface area (TPSA) is 72.7 Å². The van der Waals surface area contributed by atoms with Gasteiger partial charge in [0.2, 0.25) is 5.91 Å². The summed E-state index contributed by atoms with van der Waals surface area (Å²) < 4.78 is 1.85. The fraction of sp³-hybridized carbons (Fsp3) is 0.0909. The highest BCUT2D eigenvalue weighted by molar-refractivity contribution is 6.30. The third-order valence-electron chi connectivity index (χ3n) is 4.60. The van der Waals surface area contributed by atoms with Crippen molar-refractivity contribution in [3.8, 4) is 5.82 Å². The van der Waals surface area contributed by atoms with Gasteiger partial charge in [-0.25, -0.2) is 9.97 Å². The number of hydrogen-bond acceptors (Lipinski definition) is 4. The molecule has 0 aliphatic rings. The van der Waals surface area contributed by atoms with Crippen molar-refractivity contribution in [2.75, 3.05) is 5.32 Å². The van der Waals surface area contributed by atoms with Crippen molar-refractivity contribution in [3.63, 3.8) is 0 Å². The Hall–Kier alpha value is -3.51. The molecule has 4 aromatic rings. The standard InChI is InChI=1S/C22H18ClN5O/c1-3-22(29)27-17-6-7-19-20(10-17)28(13-25-19)21-12-24-11-18(26-21)9-15-8-16(23)5-4-14(15)2/h3-8,10-13H,1,9H2,2H3,(H,27,29). The molecular formula is C22H18ClN5O. The van der Waals surface area contributed by atoms with E-state index < -0.39 is 0 Å². The van der Waals surface area contributed by atoms with E-state index in [0.717, 1.165) is 27.9 Å². The molecule has 2 heterocycles. The maximum absolute atomic E-state index is 11.6. The summed E-state index contributed by atoms with van der Waals surface area (Å²) >= 11 is 6.14. The van der Waals surface area contributed by atoms with Crippen LogP contribution in [-0.4, -0.2) is 25.4 Å². The lowest BCUT2D eigenvalue weighted by Crippen LogP contribution is -2.07. The molecule has 0 fully saturated rings. The van der Waals surface area contributed by atoms with E-state index in [1.807, 2.05) is 41.8 Å². The molecule has 0 saturated carbocycles. The molecular weight excluding hydrogens is 386 g/mol. The maximum Gasteiger partial charge on any atom is 0.247 e. The number of carbonyl (C=O) groups is 1. The molecule has 0 radical (unpaired) electrons. The molecule has 29 heavy (non-hydrogen) atoms. The number of fused-ring (bicyclic) bond motifs is 1. The summed E-state index contributed by atoms with van der Waals surface area (Å²) in [5.74, 6) is 0.381. The Morgan fingerprint density at radius 3 is 2.93 bits per heavy atom. The first-order valence-electron chi connectivity index (χ1n) is 9.00. The lowest BCUT2D eigenvalue weighted by molar-refractivity contribution is -0.111. The molecule has 0 saturated heterocycles. The number of benzene rings is 2. The van der Waals surface area contributed by atoms with Gasteiger partial charge in [0, 0.05) is 23.3 Å². The SMILES string of the molecule is C=CC(=O)Nc1ccc2ncn(-c3cncc(Cc4cc(Cl)ccc4C)n3)c2c1. The molecule has 0 spiro atoms. The summed E-state index contributed by atoms with van der Waals surface area (Å²) in [5.41, 5.74) is 5.34. The van der Waals surface area contributed by atoms with Gasteiger partial charge in [-0.05, 0) is 54.5 Å². The number of aryl methyl sites for hydroxylation is 1. The van der Waals surface area contributed by atoms with Gasteiger partial charge in [-0.3, -0.25) is 14.3 Å². The zero-order valence-corrected chi connectivity index (χ0v) is 16.5. The van der Waals surface area contributed by atoms with E-state index in [1.54, 1.807) is 24.8 Å². The quantitative estimate of drug-likeness (QED) is 0.498. The highest BCUT2D eigenvalue weighted by atomic mass is 35.5. The van der Waals surface area contributed by atoms with Gasteiger partial charge in [-0.1, -0.05) is 24.2 Å². The number of amides is 1. The number of imidazole rings is 1. The molecule has 1 N–H and O–H groups in total. The van der Waals surface area contributed by atoms with E-state index in [-0.39, 0.29) is 5.91 Å². The highest BCUT2D eigenvalue weighted by Crippen LogP contribution is 2.22. The predicted octanol–water partition coefficient (Wildman–Crippen LogP) is 4.49. The van der Waals surface area contributed by atoms with E-state index in [2.05, 4.69) is 21.9 Å². The number of halogens is 1. The van der Waals surface area contributed by atoms with Gasteiger partial charge in [0.1, 0.15) is 6.33 Å². The van der Waals surface area contributed by atoms with Crippen molar-refractivity contribution < 1.29 is 4.79 Å². The molecule has 6 nitrogen and oxygen atoms in total. The number of nitrogens with one attached hydrogen (secondary N) is 1. The van der Waals surface area contributed by atoms with Crippen LogP contribution in [0.5, 0.6) is 0 Å². The summed E-state index contributed by atoms with van der Waals surface area (Å²) in [5, 5.41) is 3.46. The monoisotopic (exact) mass is 403 g/mol. The maximum atomic E-state index is 11.6. The van der Waals surface area contributed by atoms with Gasteiger partial charge in [0.05, 0.1) is 22.9 Å². The average molecular weight is 404 g/mol. The summed E-state index contributed by atoms with van der Waals surface area (Å²) in [4.78, 5) is 25.1. The van der Waals surface area contributed by atoms with Crippen LogP contribution in [0.1, 0.15) is 16.8 Å². The Labute approximate surface area is 172 Å². The second kappa shape index (κ2) is 7.85. The minimum Gasteiger partial charge on any atom is -0.322 e. The van der Waals surface area contributed by atoms with E-state index in [1.165, 1.54) is 6.08 Å². The molecule has 7 heteroatoms. The second-order valence-corrected chi connectivity index (χ2v) is 7.06. The van der Waals surface area contributed by atoms with Crippen LogP contribution in [0.25, 0.3) is 16.9 Å². The molecule has 144 valence electrons. The Morgan fingerprint density at radius 1 is 1.24 bits per heavy atom. The fourth-order valence-electron chi connectivity index (χ4n) is 3.08. The van der Waals surface area contributed by atoms with Gasteiger partial charge in [0.15, 0.2) is 5.82 Å². The van der Waals surface area contributed by atoms with Crippen LogP contribution in [-0.2, 0) is 11.2 Å².